The van der Waals surface area contributed by atoms with Crippen molar-refractivity contribution in [3.05, 3.63) is 72.6 Å². The van der Waals surface area contributed by atoms with Gasteiger partial charge in [0, 0.05) is 23.9 Å². The van der Waals surface area contributed by atoms with E-state index in [2.05, 4.69) is 18.5 Å². The molecule has 1 aromatic carbocycles. The fourth-order valence-electron chi connectivity index (χ4n) is 1.67. The van der Waals surface area contributed by atoms with Crippen molar-refractivity contribution >= 4 is 17.6 Å². The molecule has 120 valence electrons. The monoisotopic (exact) mass is 313 g/mol. The molecule has 0 spiro atoms. The highest BCUT2D eigenvalue weighted by Gasteiger charge is 2.12. The van der Waals surface area contributed by atoms with E-state index in [0.29, 0.717) is 17.0 Å². The van der Waals surface area contributed by atoms with Gasteiger partial charge < -0.3 is 21.5 Å². The molecule has 0 bridgehead atoms. The molecule has 0 aliphatic rings. The summed E-state index contributed by atoms with van der Waals surface area (Å²) in [5, 5.41) is 2.61. The lowest BCUT2D eigenvalue weighted by molar-refractivity contribution is -0.131. The van der Waals surface area contributed by atoms with Gasteiger partial charge in [-0.25, -0.2) is 0 Å². The number of carbonyl (C=O) groups is 2. The maximum absolute atomic E-state index is 12.2. The minimum atomic E-state index is -0.474. The minimum Gasteiger partial charge on any atom is -0.427 e. The van der Waals surface area contributed by atoms with Gasteiger partial charge in [0.1, 0.15) is 5.75 Å². The largest absolute Gasteiger partial charge is 0.427 e. The lowest BCUT2D eigenvalue weighted by atomic mass is 10.1. The molecule has 1 amide bonds. The summed E-state index contributed by atoms with van der Waals surface area (Å²) in [5.41, 5.74) is 12.0. The molecule has 1 aromatic rings. The van der Waals surface area contributed by atoms with Gasteiger partial charge in [-0.15, -0.1) is 0 Å². The van der Waals surface area contributed by atoms with Gasteiger partial charge in [0.05, 0.1) is 5.57 Å². The fraction of sp³-hybridized carbons (Fsp3) is 0.0588. The van der Waals surface area contributed by atoms with Crippen molar-refractivity contribution < 1.29 is 14.3 Å². The molecule has 0 unspecified atom stereocenters. The van der Waals surface area contributed by atoms with E-state index in [4.69, 9.17) is 16.2 Å². The van der Waals surface area contributed by atoms with E-state index in [0.717, 1.165) is 0 Å². The summed E-state index contributed by atoms with van der Waals surface area (Å²) in [6, 6.07) is 6.61. The lowest BCUT2D eigenvalue weighted by Crippen LogP contribution is -2.25. The van der Waals surface area contributed by atoms with Crippen LogP contribution in [0.1, 0.15) is 12.5 Å². The van der Waals surface area contributed by atoms with Crippen LogP contribution in [0.25, 0.3) is 5.70 Å². The smallest absolute Gasteiger partial charge is 0.308 e. The second-order valence-corrected chi connectivity index (χ2v) is 4.54. The molecule has 0 atom stereocenters. The molecule has 0 radical (unpaired) electrons. The van der Waals surface area contributed by atoms with Gasteiger partial charge >= 0.3 is 5.97 Å². The Labute approximate surface area is 134 Å². The Hall–Kier alpha value is -3.28. The van der Waals surface area contributed by atoms with E-state index >= 15 is 0 Å². The van der Waals surface area contributed by atoms with Crippen LogP contribution in [0.3, 0.4) is 0 Å². The average molecular weight is 313 g/mol. The average Bonchev–Trinajstić information content (AvgIpc) is 2.46. The number of benzene rings is 1. The van der Waals surface area contributed by atoms with Gasteiger partial charge in [0.25, 0.3) is 5.91 Å². The van der Waals surface area contributed by atoms with Crippen LogP contribution in [0.4, 0.5) is 0 Å². The predicted octanol–water partition coefficient (Wildman–Crippen LogP) is 1.57. The van der Waals surface area contributed by atoms with Gasteiger partial charge in [0.2, 0.25) is 0 Å². The highest BCUT2D eigenvalue weighted by Crippen LogP contribution is 2.18. The SMILES string of the molecule is C=C(N)/C(=C\C=C/N)C(=O)NC(=C)c1cccc(OC(C)=O)c1. The Kier molecular flexibility index (Phi) is 6.36. The van der Waals surface area contributed by atoms with Crippen molar-refractivity contribution in [2.24, 2.45) is 11.5 Å². The Bertz CT molecular complexity index is 703. The molecule has 0 saturated heterocycles. The molecule has 0 aliphatic carbocycles. The molecule has 23 heavy (non-hydrogen) atoms. The number of rotatable bonds is 6. The molecule has 0 saturated carbocycles. The number of nitrogens with one attached hydrogen (secondary N) is 1. The first kappa shape index (κ1) is 17.8. The summed E-state index contributed by atoms with van der Waals surface area (Å²) in [4.78, 5) is 23.2. The number of allylic oxidation sites excluding steroid dienone is 2. The Balaban J connectivity index is 2.92. The van der Waals surface area contributed by atoms with Crippen molar-refractivity contribution in [1.29, 1.82) is 0 Å². The lowest BCUT2D eigenvalue weighted by Gasteiger charge is -2.11. The van der Waals surface area contributed by atoms with Crippen molar-refractivity contribution in [3.8, 4) is 5.75 Å². The van der Waals surface area contributed by atoms with Crippen LogP contribution in [0.15, 0.2) is 67.0 Å². The van der Waals surface area contributed by atoms with Gasteiger partial charge in [0.15, 0.2) is 0 Å². The summed E-state index contributed by atoms with van der Waals surface area (Å²) in [6.07, 6.45) is 4.19. The van der Waals surface area contributed by atoms with E-state index in [1.807, 2.05) is 0 Å². The first-order valence-corrected chi connectivity index (χ1v) is 6.67. The number of nitrogens with two attached hydrogens (primary N) is 2. The summed E-state index contributed by atoms with van der Waals surface area (Å²) in [5.74, 6) is -0.552. The van der Waals surface area contributed by atoms with Crippen LogP contribution in [-0.2, 0) is 9.59 Å². The molecule has 6 nitrogen and oxygen atoms in total. The predicted molar refractivity (Wildman–Crippen MR) is 89.7 cm³/mol. The normalized spacial score (nSPS) is 11.1. The van der Waals surface area contributed by atoms with E-state index in [9.17, 15) is 9.59 Å². The van der Waals surface area contributed by atoms with Crippen molar-refractivity contribution in [3.63, 3.8) is 0 Å². The van der Waals surface area contributed by atoms with E-state index in [-0.39, 0.29) is 11.3 Å². The Morgan fingerprint density at radius 3 is 2.57 bits per heavy atom. The van der Waals surface area contributed by atoms with E-state index in [1.54, 1.807) is 24.3 Å². The molecule has 0 heterocycles. The standard InChI is InChI=1S/C17H19N3O3/c1-11(19)16(8-5-9-18)17(22)20-12(2)14-6-4-7-15(10-14)23-13(3)21/h4-10H,1-2,18-19H2,3H3,(H,20,22)/b9-5-,16-8+. The van der Waals surface area contributed by atoms with Crippen LogP contribution in [0.2, 0.25) is 0 Å². The summed E-state index contributed by atoms with van der Waals surface area (Å²) >= 11 is 0. The minimum absolute atomic E-state index is 0.0991. The molecule has 0 fully saturated rings. The third-order valence-corrected chi connectivity index (χ3v) is 2.67. The maximum atomic E-state index is 12.2. The topological polar surface area (TPSA) is 107 Å². The maximum Gasteiger partial charge on any atom is 0.308 e. The number of hydrogen-bond donors (Lipinski definition) is 3. The summed E-state index contributed by atoms with van der Waals surface area (Å²) in [6.45, 7) is 8.64. The first-order valence-electron chi connectivity index (χ1n) is 6.67. The highest BCUT2D eigenvalue weighted by molar-refractivity contribution is 6.02. The van der Waals surface area contributed by atoms with Gasteiger partial charge in [-0.2, -0.15) is 0 Å². The molecule has 5 N–H and O–H groups in total. The van der Waals surface area contributed by atoms with Crippen LogP contribution >= 0.6 is 0 Å². The molecular weight excluding hydrogens is 294 g/mol. The number of ether oxygens (including phenoxy) is 1. The van der Waals surface area contributed by atoms with Crippen molar-refractivity contribution in [1.82, 2.24) is 5.32 Å². The Morgan fingerprint density at radius 1 is 1.30 bits per heavy atom. The summed E-state index contributed by atoms with van der Waals surface area (Å²) in [7, 11) is 0. The van der Waals surface area contributed by atoms with E-state index < -0.39 is 11.9 Å². The number of amides is 1. The number of esters is 1. The zero-order chi connectivity index (χ0) is 17.4. The summed E-state index contributed by atoms with van der Waals surface area (Å²) < 4.78 is 4.99. The second-order valence-electron chi connectivity index (χ2n) is 4.54. The molecule has 0 aliphatic heterocycles. The van der Waals surface area contributed by atoms with E-state index in [1.165, 1.54) is 25.3 Å². The van der Waals surface area contributed by atoms with Crippen LogP contribution in [0, 0.1) is 0 Å². The van der Waals surface area contributed by atoms with Gasteiger partial charge in [-0.3, -0.25) is 9.59 Å². The van der Waals surface area contributed by atoms with Gasteiger partial charge in [-0.05, 0) is 30.5 Å². The molecular formula is C17H19N3O3. The van der Waals surface area contributed by atoms with Crippen LogP contribution in [0.5, 0.6) is 5.75 Å². The third kappa shape index (κ3) is 5.55. The van der Waals surface area contributed by atoms with Crippen molar-refractivity contribution in [2.75, 3.05) is 0 Å². The third-order valence-electron chi connectivity index (χ3n) is 2.67. The Morgan fingerprint density at radius 2 is 2.00 bits per heavy atom. The molecule has 6 heteroatoms. The fourth-order valence-corrected chi connectivity index (χ4v) is 1.67. The molecule has 1 rings (SSSR count). The van der Waals surface area contributed by atoms with Gasteiger partial charge in [-0.1, -0.05) is 25.3 Å². The zero-order valence-corrected chi connectivity index (χ0v) is 12.8. The first-order chi connectivity index (χ1) is 10.8. The second kappa shape index (κ2) is 8.23. The van der Waals surface area contributed by atoms with Crippen LogP contribution in [-0.4, -0.2) is 11.9 Å². The van der Waals surface area contributed by atoms with Crippen molar-refractivity contribution in [2.45, 2.75) is 6.92 Å². The number of hydrogen-bond acceptors (Lipinski definition) is 5. The highest BCUT2D eigenvalue weighted by atomic mass is 16.5. The quantitative estimate of drug-likeness (QED) is 0.320. The molecule has 0 aromatic heterocycles. The number of carbonyl (C=O) groups excluding carboxylic acids is 2. The van der Waals surface area contributed by atoms with Crippen LogP contribution < -0.4 is 21.5 Å². The zero-order valence-electron chi connectivity index (χ0n) is 12.8.